The van der Waals surface area contributed by atoms with Crippen LogP contribution in [0.2, 0.25) is 5.02 Å². The van der Waals surface area contributed by atoms with Crippen LogP contribution in [0.4, 0.5) is 5.69 Å². The fourth-order valence-corrected chi connectivity index (χ4v) is 2.38. The first kappa shape index (κ1) is 13.9. The van der Waals surface area contributed by atoms with Crippen LogP contribution in [0.1, 0.15) is 11.7 Å². The molecule has 0 radical (unpaired) electrons. The van der Waals surface area contributed by atoms with E-state index in [0.29, 0.717) is 11.6 Å². The lowest BCUT2D eigenvalue weighted by atomic mass is 10.1. The summed E-state index contributed by atoms with van der Waals surface area (Å²) in [5.74, 6) is 0. The van der Waals surface area contributed by atoms with Gasteiger partial charge in [-0.15, -0.1) is 0 Å². The van der Waals surface area contributed by atoms with E-state index in [1.54, 1.807) is 23.3 Å². The third kappa shape index (κ3) is 2.99. The largest absolute Gasteiger partial charge is 0.386 e. The van der Waals surface area contributed by atoms with Crippen LogP contribution in [0.3, 0.4) is 0 Å². The van der Waals surface area contributed by atoms with Gasteiger partial charge in [0.15, 0.2) is 0 Å². The number of aliphatic hydroxyl groups is 1. The molecule has 2 N–H and O–H groups in total. The molecule has 21 heavy (non-hydrogen) atoms. The van der Waals surface area contributed by atoms with Crippen molar-refractivity contribution in [2.75, 3.05) is 11.9 Å². The van der Waals surface area contributed by atoms with E-state index in [9.17, 15) is 5.11 Å². The third-order valence-electron chi connectivity index (χ3n) is 3.30. The zero-order valence-corrected chi connectivity index (χ0v) is 12.2. The summed E-state index contributed by atoms with van der Waals surface area (Å²) in [6, 6.07) is 7.45. The summed E-state index contributed by atoms with van der Waals surface area (Å²) in [4.78, 5) is 4.29. The topological polar surface area (TPSA) is 63.0 Å². The summed E-state index contributed by atoms with van der Waals surface area (Å²) in [6.07, 6.45) is 4.57. The van der Waals surface area contributed by atoms with Crippen LogP contribution in [0.25, 0.3) is 10.9 Å². The van der Waals surface area contributed by atoms with Gasteiger partial charge in [0, 0.05) is 47.6 Å². The van der Waals surface area contributed by atoms with E-state index in [1.165, 1.54) is 0 Å². The first-order valence-electron chi connectivity index (χ1n) is 6.58. The number of hydrogen-bond acceptors (Lipinski definition) is 4. The van der Waals surface area contributed by atoms with Gasteiger partial charge in [0.1, 0.15) is 0 Å². The Kier molecular flexibility index (Phi) is 3.77. The van der Waals surface area contributed by atoms with Gasteiger partial charge < -0.3 is 10.4 Å². The number of aliphatic hydroxyl groups excluding tert-OH is 1. The lowest BCUT2D eigenvalue weighted by molar-refractivity contribution is 0.191. The number of aromatic nitrogens is 3. The Bertz CT molecular complexity index is 771. The van der Waals surface area contributed by atoms with Gasteiger partial charge in [-0.1, -0.05) is 11.6 Å². The molecule has 0 aliphatic rings. The van der Waals surface area contributed by atoms with Crippen molar-refractivity contribution in [3.05, 3.63) is 53.4 Å². The van der Waals surface area contributed by atoms with E-state index >= 15 is 0 Å². The number of halogens is 1. The van der Waals surface area contributed by atoms with Gasteiger partial charge in [-0.25, -0.2) is 0 Å². The van der Waals surface area contributed by atoms with Crippen LogP contribution in [0, 0.1) is 0 Å². The lowest BCUT2D eigenvalue weighted by Gasteiger charge is -2.13. The van der Waals surface area contributed by atoms with Crippen LogP contribution in [0.15, 0.2) is 42.9 Å². The van der Waals surface area contributed by atoms with Crippen LogP contribution in [0.5, 0.6) is 0 Å². The Morgan fingerprint density at radius 3 is 3.00 bits per heavy atom. The predicted molar refractivity (Wildman–Crippen MR) is 83.4 cm³/mol. The number of benzene rings is 1. The Morgan fingerprint density at radius 1 is 1.38 bits per heavy atom. The molecule has 1 atom stereocenters. The first-order chi connectivity index (χ1) is 10.1. The summed E-state index contributed by atoms with van der Waals surface area (Å²) in [5, 5.41) is 19.1. The Balaban J connectivity index is 1.79. The van der Waals surface area contributed by atoms with E-state index in [1.807, 2.05) is 31.3 Å². The van der Waals surface area contributed by atoms with Crippen LogP contribution in [-0.2, 0) is 7.05 Å². The molecule has 0 fully saturated rings. The standard InChI is InChI=1S/C15H15ClN4O/c1-20-9-10(7-19-20)15(21)8-18-13-4-5-17-14-6-11(16)2-3-12(13)14/h2-7,9,15,21H,8H2,1H3,(H,17,18). The highest BCUT2D eigenvalue weighted by Crippen LogP contribution is 2.25. The molecule has 2 heterocycles. The molecule has 0 saturated heterocycles. The maximum absolute atomic E-state index is 10.2. The molecule has 6 heteroatoms. The highest BCUT2D eigenvalue weighted by Gasteiger charge is 2.10. The zero-order valence-electron chi connectivity index (χ0n) is 11.5. The SMILES string of the molecule is Cn1cc(C(O)CNc2ccnc3cc(Cl)ccc23)cn1. The van der Waals surface area contributed by atoms with Gasteiger partial charge in [-0.3, -0.25) is 9.67 Å². The predicted octanol–water partition coefficient (Wildman–Crippen LogP) is 2.77. The average molecular weight is 303 g/mol. The highest BCUT2D eigenvalue weighted by molar-refractivity contribution is 6.31. The van der Waals surface area contributed by atoms with E-state index < -0.39 is 6.10 Å². The molecule has 1 aromatic carbocycles. The number of anilines is 1. The first-order valence-corrected chi connectivity index (χ1v) is 6.96. The maximum Gasteiger partial charge on any atom is 0.0992 e. The third-order valence-corrected chi connectivity index (χ3v) is 3.54. The molecule has 0 spiro atoms. The quantitative estimate of drug-likeness (QED) is 0.778. The van der Waals surface area contributed by atoms with Crippen LogP contribution < -0.4 is 5.32 Å². The number of nitrogens with zero attached hydrogens (tertiary/aromatic N) is 3. The fraction of sp³-hybridized carbons (Fsp3) is 0.200. The van der Waals surface area contributed by atoms with E-state index in [4.69, 9.17) is 11.6 Å². The minimum atomic E-state index is -0.616. The second-order valence-corrected chi connectivity index (χ2v) is 5.30. The Hall–Kier alpha value is -2.11. The van der Waals surface area contributed by atoms with Crippen LogP contribution in [-0.4, -0.2) is 26.4 Å². The Morgan fingerprint density at radius 2 is 2.24 bits per heavy atom. The van der Waals surface area contributed by atoms with E-state index in [2.05, 4.69) is 15.4 Å². The van der Waals surface area contributed by atoms with Gasteiger partial charge in [0.2, 0.25) is 0 Å². The monoisotopic (exact) mass is 302 g/mol. The molecule has 3 rings (SSSR count). The molecular weight excluding hydrogens is 288 g/mol. The van der Waals surface area contributed by atoms with Crippen LogP contribution >= 0.6 is 11.6 Å². The van der Waals surface area contributed by atoms with Crippen molar-refractivity contribution in [2.24, 2.45) is 7.05 Å². The molecule has 1 unspecified atom stereocenters. The minimum absolute atomic E-state index is 0.396. The summed E-state index contributed by atoms with van der Waals surface area (Å²) in [7, 11) is 1.82. The van der Waals surface area contributed by atoms with Gasteiger partial charge in [-0.2, -0.15) is 5.10 Å². The number of rotatable bonds is 4. The second kappa shape index (κ2) is 5.71. The molecule has 0 aliphatic carbocycles. The summed E-state index contributed by atoms with van der Waals surface area (Å²) in [6.45, 7) is 0.396. The molecule has 2 aromatic heterocycles. The van der Waals surface area contributed by atoms with Gasteiger partial charge in [0.05, 0.1) is 17.8 Å². The molecule has 0 aliphatic heterocycles. The normalized spacial score (nSPS) is 12.5. The van der Waals surface area contributed by atoms with Crippen molar-refractivity contribution in [3.63, 3.8) is 0 Å². The van der Waals surface area contributed by atoms with Gasteiger partial charge in [0.25, 0.3) is 0 Å². The van der Waals surface area contributed by atoms with Gasteiger partial charge >= 0.3 is 0 Å². The molecular formula is C15H15ClN4O. The van der Waals surface area contributed by atoms with Crippen molar-refractivity contribution in [1.29, 1.82) is 0 Å². The molecule has 0 saturated carbocycles. The number of hydrogen-bond donors (Lipinski definition) is 2. The molecule has 5 nitrogen and oxygen atoms in total. The molecule has 0 bridgehead atoms. The fourth-order valence-electron chi connectivity index (χ4n) is 2.21. The smallest absolute Gasteiger partial charge is 0.0992 e. The molecule has 3 aromatic rings. The van der Waals surface area contributed by atoms with Crippen molar-refractivity contribution in [2.45, 2.75) is 6.10 Å². The van der Waals surface area contributed by atoms with Crippen molar-refractivity contribution < 1.29 is 5.11 Å². The zero-order chi connectivity index (χ0) is 14.8. The number of pyridine rings is 1. The minimum Gasteiger partial charge on any atom is -0.386 e. The average Bonchev–Trinajstić information content (AvgIpc) is 2.91. The van der Waals surface area contributed by atoms with Crippen molar-refractivity contribution in [1.82, 2.24) is 14.8 Å². The maximum atomic E-state index is 10.2. The molecule has 108 valence electrons. The summed E-state index contributed by atoms with van der Waals surface area (Å²) in [5.41, 5.74) is 2.52. The summed E-state index contributed by atoms with van der Waals surface area (Å²) >= 11 is 5.97. The number of nitrogens with one attached hydrogen (secondary N) is 1. The second-order valence-electron chi connectivity index (χ2n) is 4.86. The molecule has 0 amide bonds. The highest BCUT2D eigenvalue weighted by atomic mass is 35.5. The lowest BCUT2D eigenvalue weighted by Crippen LogP contribution is -2.12. The van der Waals surface area contributed by atoms with E-state index in [-0.39, 0.29) is 0 Å². The van der Waals surface area contributed by atoms with E-state index in [0.717, 1.165) is 22.2 Å². The van der Waals surface area contributed by atoms with Crippen molar-refractivity contribution >= 4 is 28.2 Å². The number of fused-ring (bicyclic) bond motifs is 1. The van der Waals surface area contributed by atoms with Crippen molar-refractivity contribution in [3.8, 4) is 0 Å². The number of aryl methyl sites for hydroxylation is 1. The Labute approximate surface area is 127 Å². The summed E-state index contributed by atoms with van der Waals surface area (Å²) < 4.78 is 1.67. The van der Waals surface area contributed by atoms with Gasteiger partial charge in [-0.05, 0) is 24.3 Å².